The van der Waals surface area contributed by atoms with Crippen molar-refractivity contribution in [3.05, 3.63) is 0 Å². The molecule has 4 nitrogen and oxygen atoms in total. The molecular weight excluding hydrogens is 214 g/mol. The zero-order chi connectivity index (χ0) is 12.5. The summed E-state index contributed by atoms with van der Waals surface area (Å²) in [6, 6.07) is 0. The van der Waals surface area contributed by atoms with Crippen molar-refractivity contribution >= 4 is 0 Å². The molecule has 0 amide bonds. The molecule has 0 radical (unpaired) electrons. The van der Waals surface area contributed by atoms with Gasteiger partial charge in [0, 0.05) is 39.3 Å². The lowest BCUT2D eigenvalue weighted by Crippen LogP contribution is -2.38. The topological polar surface area (TPSA) is 27.7 Å². The summed E-state index contributed by atoms with van der Waals surface area (Å²) in [6.45, 7) is 9.81. The summed E-state index contributed by atoms with van der Waals surface area (Å²) >= 11 is 0. The van der Waals surface area contributed by atoms with Crippen molar-refractivity contribution in [2.24, 2.45) is 0 Å². The molecule has 0 spiro atoms. The van der Waals surface area contributed by atoms with Gasteiger partial charge in [-0.2, -0.15) is 0 Å². The van der Waals surface area contributed by atoms with Crippen LogP contribution in [0.2, 0.25) is 0 Å². The summed E-state index contributed by atoms with van der Waals surface area (Å²) in [5.41, 5.74) is 0. The number of hydrogen-bond acceptors (Lipinski definition) is 4. The highest BCUT2D eigenvalue weighted by Crippen LogP contribution is 2.12. The summed E-state index contributed by atoms with van der Waals surface area (Å²) in [7, 11) is 4.22. The van der Waals surface area contributed by atoms with E-state index in [9.17, 15) is 0 Å². The van der Waals surface area contributed by atoms with Crippen LogP contribution in [-0.4, -0.2) is 75.9 Å². The average molecular weight is 243 g/mol. The lowest BCUT2D eigenvalue weighted by molar-refractivity contribution is 0.0751. The second-order valence-corrected chi connectivity index (χ2v) is 5.08. The van der Waals surface area contributed by atoms with Gasteiger partial charge in [0.2, 0.25) is 0 Å². The predicted octanol–water partition coefficient (Wildman–Crippen LogP) is 0.639. The third-order valence-corrected chi connectivity index (χ3v) is 3.27. The van der Waals surface area contributed by atoms with E-state index >= 15 is 0 Å². The highest BCUT2D eigenvalue weighted by atomic mass is 16.5. The van der Waals surface area contributed by atoms with Crippen LogP contribution in [0.4, 0.5) is 0 Å². The van der Waals surface area contributed by atoms with Crippen LogP contribution in [0.3, 0.4) is 0 Å². The number of likely N-dealkylation sites (N-methyl/N-ethyl adjacent to an activating group) is 2. The van der Waals surface area contributed by atoms with Gasteiger partial charge in [0.15, 0.2) is 0 Å². The van der Waals surface area contributed by atoms with Crippen molar-refractivity contribution in [1.82, 2.24) is 15.1 Å². The van der Waals surface area contributed by atoms with Crippen LogP contribution >= 0.6 is 0 Å². The Morgan fingerprint density at radius 3 is 2.59 bits per heavy atom. The van der Waals surface area contributed by atoms with Crippen LogP contribution in [0.15, 0.2) is 0 Å². The maximum Gasteiger partial charge on any atom is 0.0702 e. The maximum absolute atomic E-state index is 5.68. The molecule has 0 aliphatic carbocycles. The third-order valence-electron chi connectivity index (χ3n) is 3.27. The second kappa shape index (κ2) is 8.86. The zero-order valence-corrected chi connectivity index (χ0v) is 11.7. The van der Waals surface area contributed by atoms with Gasteiger partial charge in [-0.3, -0.25) is 4.90 Å². The van der Waals surface area contributed by atoms with E-state index in [0.717, 1.165) is 45.9 Å². The van der Waals surface area contributed by atoms with Gasteiger partial charge in [0.05, 0.1) is 6.10 Å². The van der Waals surface area contributed by atoms with E-state index in [-0.39, 0.29) is 0 Å². The quantitative estimate of drug-likeness (QED) is 0.602. The van der Waals surface area contributed by atoms with E-state index in [0.29, 0.717) is 6.10 Å². The fourth-order valence-electron chi connectivity index (χ4n) is 2.12. The Morgan fingerprint density at radius 1 is 1.24 bits per heavy atom. The van der Waals surface area contributed by atoms with Crippen LogP contribution in [-0.2, 0) is 4.74 Å². The van der Waals surface area contributed by atoms with E-state index in [1.807, 2.05) is 0 Å². The SMILES string of the molecule is CCN(CCNCCN(C)C)CC1CCCO1. The Labute approximate surface area is 106 Å². The number of ether oxygens (including phenoxy) is 1. The largest absolute Gasteiger partial charge is 0.377 e. The monoisotopic (exact) mass is 243 g/mol. The Hall–Kier alpha value is -0.160. The molecule has 102 valence electrons. The van der Waals surface area contributed by atoms with Crippen molar-refractivity contribution in [3.63, 3.8) is 0 Å². The van der Waals surface area contributed by atoms with Gasteiger partial charge in [-0.15, -0.1) is 0 Å². The fourth-order valence-corrected chi connectivity index (χ4v) is 2.12. The summed E-state index contributed by atoms with van der Waals surface area (Å²) in [4.78, 5) is 4.69. The molecule has 1 atom stereocenters. The highest BCUT2D eigenvalue weighted by Gasteiger charge is 2.17. The Balaban J connectivity index is 2.01. The molecule has 1 rings (SSSR count). The smallest absolute Gasteiger partial charge is 0.0702 e. The van der Waals surface area contributed by atoms with Crippen molar-refractivity contribution in [1.29, 1.82) is 0 Å². The molecule has 0 aromatic rings. The van der Waals surface area contributed by atoms with Gasteiger partial charge < -0.3 is 15.0 Å². The minimum absolute atomic E-state index is 0.483. The van der Waals surface area contributed by atoms with Crippen molar-refractivity contribution < 1.29 is 4.74 Å². The first-order chi connectivity index (χ1) is 8.22. The first-order valence-corrected chi connectivity index (χ1v) is 6.91. The molecule has 1 heterocycles. The van der Waals surface area contributed by atoms with Crippen LogP contribution < -0.4 is 5.32 Å². The van der Waals surface area contributed by atoms with Crippen molar-refractivity contribution in [2.45, 2.75) is 25.9 Å². The molecule has 1 aliphatic heterocycles. The summed E-state index contributed by atoms with van der Waals surface area (Å²) in [5.74, 6) is 0. The van der Waals surface area contributed by atoms with E-state index in [2.05, 4.69) is 36.1 Å². The van der Waals surface area contributed by atoms with E-state index in [4.69, 9.17) is 4.74 Å². The van der Waals surface area contributed by atoms with E-state index in [1.165, 1.54) is 12.8 Å². The summed E-state index contributed by atoms with van der Waals surface area (Å²) in [6.07, 6.45) is 2.96. The number of nitrogens with zero attached hydrogens (tertiary/aromatic N) is 2. The first-order valence-electron chi connectivity index (χ1n) is 6.91. The minimum atomic E-state index is 0.483. The molecule has 0 aromatic heterocycles. The Bertz CT molecular complexity index is 182. The lowest BCUT2D eigenvalue weighted by atomic mass is 10.2. The molecule has 0 aromatic carbocycles. The molecule has 1 saturated heterocycles. The average Bonchev–Trinajstić information content (AvgIpc) is 2.79. The van der Waals surface area contributed by atoms with Gasteiger partial charge in [-0.25, -0.2) is 0 Å². The van der Waals surface area contributed by atoms with Gasteiger partial charge in [-0.05, 0) is 33.5 Å². The van der Waals surface area contributed by atoms with E-state index < -0.39 is 0 Å². The summed E-state index contributed by atoms with van der Waals surface area (Å²) < 4.78 is 5.68. The van der Waals surface area contributed by atoms with Crippen molar-refractivity contribution in [2.75, 3.05) is 60.0 Å². The molecule has 1 N–H and O–H groups in total. The Morgan fingerprint density at radius 2 is 2.00 bits per heavy atom. The lowest BCUT2D eigenvalue weighted by Gasteiger charge is -2.23. The number of hydrogen-bond donors (Lipinski definition) is 1. The number of nitrogens with one attached hydrogen (secondary N) is 1. The molecule has 1 aliphatic rings. The second-order valence-electron chi connectivity index (χ2n) is 5.08. The van der Waals surface area contributed by atoms with Crippen LogP contribution in [0.1, 0.15) is 19.8 Å². The van der Waals surface area contributed by atoms with Gasteiger partial charge in [0.1, 0.15) is 0 Å². The van der Waals surface area contributed by atoms with Crippen molar-refractivity contribution in [3.8, 4) is 0 Å². The normalized spacial score (nSPS) is 20.6. The van der Waals surface area contributed by atoms with Gasteiger partial charge in [0.25, 0.3) is 0 Å². The van der Waals surface area contributed by atoms with Crippen LogP contribution in [0.25, 0.3) is 0 Å². The van der Waals surface area contributed by atoms with Crippen LogP contribution in [0.5, 0.6) is 0 Å². The summed E-state index contributed by atoms with van der Waals surface area (Å²) in [5, 5.41) is 3.48. The maximum atomic E-state index is 5.68. The first kappa shape index (κ1) is 14.9. The Kier molecular flexibility index (Phi) is 7.77. The molecule has 17 heavy (non-hydrogen) atoms. The molecule has 4 heteroatoms. The fraction of sp³-hybridized carbons (Fsp3) is 1.00. The van der Waals surface area contributed by atoms with E-state index in [1.54, 1.807) is 0 Å². The minimum Gasteiger partial charge on any atom is -0.377 e. The zero-order valence-electron chi connectivity index (χ0n) is 11.7. The van der Waals surface area contributed by atoms with Gasteiger partial charge in [-0.1, -0.05) is 6.92 Å². The molecule has 0 bridgehead atoms. The van der Waals surface area contributed by atoms with Crippen LogP contribution in [0, 0.1) is 0 Å². The standard InChI is InChI=1S/C13H29N3O/c1-4-16(12-13-6-5-11-17-13)10-8-14-7-9-15(2)3/h13-14H,4-12H2,1-3H3. The molecular formula is C13H29N3O. The van der Waals surface area contributed by atoms with Gasteiger partial charge >= 0.3 is 0 Å². The predicted molar refractivity (Wildman–Crippen MR) is 72.5 cm³/mol. The highest BCUT2D eigenvalue weighted by molar-refractivity contribution is 4.70. The molecule has 1 unspecified atom stereocenters. The third kappa shape index (κ3) is 6.99. The number of rotatable bonds is 9. The molecule has 1 fully saturated rings. The molecule has 0 saturated carbocycles.